The van der Waals surface area contributed by atoms with Crippen LogP contribution in [0.2, 0.25) is 0 Å². The number of halogens is 3. The van der Waals surface area contributed by atoms with E-state index in [0.717, 1.165) is 11.8 Å². The van der Waals surface area contributed by atoms with Crippen molar-refractivity contribution in [2.24, 2.45) is 0 Å². The van der Waals surface area contributed by atoms with E-state index in [-0.39, 0.29) is 10.9 Å². The summed E-state index contributed by atoms with van der Waals surface area (Å²) >= 11 is 0.864. The molecule has 0 atom stereocenters. The zero-order chi connectivity index (χ0) is 16.9. The first-order valence-electron chi connectivity index (χ1n) is 6.14. The molecular weight excluding hydrogens is 337 g/mol. The van der Waals surface area contributed by atoms with E-state index in [1.165, 1.54) is 24.2 Å². The van der Waals surface area contributed by atoms with E-state index in [1.807, 2.05) is 0 Å². The number of methoxy groups -OCH3 is 1. The lowest BCUT2D eigenvalue weighted by Crippen LogP contribution is -2.21. The molecule has 0 aliphatic heterocycles. The van der Waals surface area contributed by atoms with Crippen LogP contribution in [0.5, 0.6) is 5.75 Å². The first-order valence-corrected chi connectivity index (χ1v) is 7.13. The molecule has 0 radical (unpaired) electrons. The van der Waals surface area contributed by atoms with Crippen LogP contribution in [0.4, 0.5) is 13.2 Å². The Balaban J connectivity index is 1.94. The van der Waals surface area contributed by atoms with Gasteiger partial charge < -0.3 is 9.47 Å². The Morgan fingerprint density at radius 2 is 2.22 bits per heavy atom. The molecule has 0 amide bonds. The van der Waals surface area contributed by atoms with Gasteiger partial charge in [-0.15, -0.1) is 0 Å². The fraction of sp³-hybridized carbons (Fsp3) is 0.333. The highest BCUT2D eigenvalue weighted by molar-refractivity contribution is 7.99. The van der Waals surface area contributed by atoms with Crippen molar-refractivity contribution in [3.05, 3.63) is 24.7 Å². The van der Waals surface area contributed by atoms with Gasteiger partial charge in [0.25, 0.3) is 0 Å². The van der Waals surface area contributed by atoms with Crippen LogP contribution in [0.25, 0.3) is 5.82 Å². The minimum absolute atomic E-state index is 0.209. The van der Waals surface area contributed by atoms with Crippen LogP contribution in [0.15, 0.2) is 29.8 Å². The zero-order valence-corrected chi connectivity index (χ0v) is 12.6. The number of esters is 1. The molecule has 7 nitrogen and oxygen atoms in total. The highest BCUT2D eigenvalue weighted by Gasteiger charge is 2.29. The summed E-state index contributed by atoms with van der Waals surface area (Å²) in [5.74, 6) is -0.368. The minimum Gasteiger partial charge on any atom is -0.493 e. The molecule has 0 bridgehead atoms. The number of hydrogen-bond acceptors (Lipinski definition) is 7. The van der Waals surface area contributed by atoms with Gasteiger partial charge in [0.05, 0.1) is 25.3 Å². The Kier molecular flexibility index (Phi) is 5.42. The van der Waals surface area contributed by atoms with Crippen molar-refractivity contribution in [3.8, 4) is 11.6 Å². The number of aromatic nitrogens is 4. The molecule has 0 N–H and O–H groups in total. The highest BCUT2D eigenvalue weighted by atomic mass is 32.2. The van der Waals surface area contributed by atoms with Gasteiger partial charge >= 0.3 is 12.1 Å². The predicted molar refractivity (Wildman–Crippen MR) is 73.4 cm³/mol. The molecule has 0 fully saturated rings. The Labute approximate surface area is 132 Å². The van der Waals surface area contributed by atoms with E-state index in [4.69, 9.17) is 4.74 Å². The maximum atomic E-state index is 11.9. The maximum absolute atomic E-state index is 11.9. The number of thioether (sulfide) groups is 1. The van der Waals surface area contributed by atoms with E-state index in [2.05, 4.69) is 19.8 Å². The number of carbonyl (C=O) groups excluding carboxylic acids is 1. The average molecular weight is 348 g/mol. The van der Waals surface area contributed by atoms with Gasteiger partial charge in [-0.1, -0.05) is 11.8 Å². The lowest BCUT2D eigenvalue weighted by molar-refractivity contribution is -0.184. The quantitative estimate of drug-likeness (QED) is 0.448. The second-order valence-electron chi connectivity index (χ2n) is 4.09. The number of alkyl halides is 3. The first kappa shape index (κ1) is 17.1. The normalized spacial score (nSPS) is 11.3. The SMILES string of the molecule is COc1cnn(-c2ccnc(SCC(=O)OCC(F)(F)F)n2)c1. The molecule has 0 saturated carbocycles. The summed E-state index contributed by atoms with van der Waals surface area (Å²) in [5, 5.41) is 4.23. The van der Waals surface area contributed by atoms with Gasteiger partial charge in [-0.3, -0.25) is 4.79 Å². The molecule has 0 aliphatic carbocycles. The summed E-state index contributed by atoms with van der Waals surface area (Å²) in [4.78, 5) is 19.3. The highest BCUT2D eigenvalue weighted by Crippen LogP contribution is 2.18. The second-order valence-corrected chi connectivity index (χ2v) is 5.03. The minimum atomic E-state index is -4.55. The Hall–Kier alpha value is -2.30. The van der Waals surface area contributed by atoms with Crippen LogP contribution in [-0.2, 0) is 9.53 Å². The molecule has 2 rings (SSSR count). The monoisotopic (exact) mass is 348 g/mol. The van der Waals surface area contributed by atoms with Gasteiger partial charge in [-0.05, 0) is 0 Å². The third-order valence-corrected chi connectivity index (χ3v) is 3.20. The summed E-state index contributed by atoms with van der Waals surface area (Å²) in [6.07, 6.45) is -0.0203. The van der Waals surface area contributed by atoms with Gasteiger partial charge in [-0.2, -0.15) is 18.3 Å². The fourth-order valence-corrected chi connectivity index (χ4v) is 2.02. The number of rotatable bonds is 6. The topological polar surface area (TPSA) is 79.1 Å². The largest absolute Gasteiger partial charge is 0.493 e. The molecule has 2 aromatic heterocycles. The van der Waals surface area contributed by atoms with E-state index in [1.54, 1.807) is 12.3 Å². The van der Waals surface area contributed by atoms with Crippen molar-refractivity contribution in [1.82, 2.24) is 19.7 Å². The van der Waals surface area contributed by atoms with Gasteiger partial charge in [0.1, 0.15) is 0 Å². The van der Waals surface area contributed by atoms with Crippen LogP contribution >= 0.6 is 11.8 Å². The number of ether oxygens (including phenoxy) is 2. The van der Waals surface area contributed by atoms with Crippen LogP contribution in [0, 0.1) is 0 Å². The van der Waals surface area contributed by atoms with E-state index >= 15 is 0 Å². The first-order chi connectivity index (χ1) is 10.9. The molecule has 11 heteroatoms. The van der Waals surface area contributed by atoms with E-state index in [9.17, 15) is 18.0 Å². The van der Waals surface area contributed by atoms with Gasteiger partial charge in [0.15, 0.2) is 23.3 Å². The third kappa shape index (κ3) is 5.43. The van der Waals surface area contributed by atoms with Crippen molar-refractivity contribution in [3.63, 3.8) is 0 Å². The molecule has 0 spiro atoms. The van der Waals surface area contributed by atoms with E-state index < -0.39 is 18.8 Å². The maximum Gasteiger partial charge on any atom is 0.422 e. The summed E-state index contributed by atoms with van der Waals surface area (Å²) in [5.41, 5.74) is 0. The Morgan fingerprint density at radius 3 is 2.87 bits per heavy atom. The molecule has 0 aliphatic rings. The molecule has 0 saturated heterocycles. The van der Waals surface area contributed by atoms with Crippen LogP contribution in [-0.4, -0.2) is 51.4 Å². The lowest BCUT2D eigenvalue weighted by atomic mass is 10.6. The van der Waals surface area contributed by atoms with Crippen molar-refractivity contribution in [1.29, 1.82) is 0 Å². The molecule has 0 unspecified atom stereocenters. The number of carbonyl (C=O) groups is 1. The average Bonchev–Trinajstić information content (AvgIpc) is 2.99. The van der Waals surface area contributed by atoms with Gasteiger partial charge in [0, 0.05) is 12.3 Å². The second kappa shape index (κ2) is 7.31. The summed E-state index contributed by atoms with van der Waals surface area (Å²) in [7, 11) is 1.50. The Bertz CT molecular complexity index is 678. The Morgan fingerprint density at radius 1 is 1.43 bits per heavy atom. The van der Waals surface area contributed by atoms with Crippen molar-refractivity contribution >= 4 is 17.7 Å². The summed E-state index contributed by atoms with van der Waals surface area (Å²) < 4.78 is 46.3. The molecule has 2 heterocycles. The van der Waals surface area contributed by atoms with Crippen molar-refractivity contribution < 1.29 is 27.4 Å². The molecule has 23 heavy (non-hydrogen) atoms. The summed E-state index contributed by atoms with van der Waals surface area (Å²) in [6, 6.07) is 1.58. The van der Waals surface area contributed by atoms with E-state index in [0.29, 0.717) is 11.6 Å². The number of hydrogen-bond donors (Lipinski definition) is 0. The lowest BCUT2D eigenvalue weighted by Gasteiger charge is -2.07. The van der Waals surface area contributed by atoms with Crippen LogP contribution in [0.3, 0.4) is 0 Å². The van der Waals surface area contributed by atoms with Crippen molar-refractivity contribution in [2.75, 3.05) is 19.5 Å². The molecular formula is C12H11F3N4O3S. The van der Waals surface area contributed by atoms with Gasteiger partial charge in [0.2, 0.25) is 0 Å². The zero-order valence-electron chi connectivity index (χ0n) is 11.8. The fourth-order valence-electron chi connectivity index (χ4n) is 1.39. The van der Waals surface area contributed by atoms with Crippen LogP contribution < -0.4 is 4.74 Å². The number of nitrogens with zero attached hydrogens (tertiary/aromatic N) is 4. The third-order valence-electron chi connectivity index (χ3n) is 2.36. The van der Waals surface area contributed by atoms with Crippen LogP contribution in [0.1, 0.15) is 0 Å². The molecule has 2 aromatic rings. The molecule has 0 aromatic carbocycles. The van der Waals surface area contributed by atoms with Gasteiger partial charge in [-0.25, -0.2) is 14.6 Å². The standard InChI is InChI=1S/C12H11F3N4O3S/c1-21-8-4-17-19(5-8)9-2-3-16-11(18-9)23-6-10(20)22-7-12(13,14)15/h2-5H,6-7H2,1H3. The van der Waals surface area contributed by atoms with Crippen molar-refractivity contribution in [2.45, 2.75) is 11.3 Å². The smallest absolute Gasteiger partial charge is 0.422 e. The molecule has 124 valence electrons. The predicted octanol–water partition coefficient (Wildman–Crippen LogP) is 1.87. The summed E-state index contributed by atoms with van der Waals surface area (Å²) in [6.45, 7) is -1.61.